The minimum Gasteiger partial charge on any atom is -0.503 e. The molecule has 2 aromatic heterocycles. The van der Waals surface area contributed by atoms with Gasteiger partial charge in [0.05, 0.1) is 56.7 Å². The number of aromatic nitrogens is 2. The monoisotopic (exact) mass is 1050 g/mol. The number of nitrogens with zero attached hydrogens (tertiary/aromatic N) is 7. The first-order valence-corrected chi connectivity index (χ1v) is 24.0. The molecule has 2 aliphatic carbocycles. The van der Waals surface area contributed by atoms with Crippen LogP contribution in [-0.4, -0.2) is 59.7 Å². The van der Waals surface area contributed by atoms with E-state index in [1.165, 1.54) is 16.9 Å². The van der Waals surface area contributed by atoms with Crippen molar-refractivity contribution in [2.24, 2.45) is 46.4 Å². The summed E-state index contributed by atoms with van der Waals surface area (Å²) in [6, 6.07) is 23.7. The molecule has 6 atom stereocenters. The number of aryl methyl sites for hydroxylation is 2. The van der Waals surface area contributed by atoms with Gasteiger partial charge in [-0.3, -0.25) is 28.8 Å². The van der Waals surface area contributed by atoms with Crippen molar-refractivity contribution in [1.82, 2.24) is 9.78 Å². The molecule has 0 bridgehead atoms. The molecule has 1 N–H and O–H groups in total. The average Bonchev–Trinajstić information content (AvgIpc) is 3.98. The second-order valence-electron chi connectivity index (χ2n) is 17.7. The predicted octanol–water partition coefficient (Wildman–Crippen LogP) is 11.4. The number of carbonyl (C=O) groups excluding carboxylic acids is 4. The number of benzene rings is 4. The Morgan fingerprint density at radius 3 is 2.24 bits per heavy atom. The summed E-state index contributed by atoms with van der Waals surface area (Å²) < 4.78 is 8.99. The highest BCUT2D eigenvalue weighted by molar-refractivity contribution is 9.13. The number of fused-ring (bicyclic) bond motifs is 5. The fraction of sp³-hybridized carbons (Fsp3) is 0.286. The highest BCUT2D eigenvalue weighted by Crippen LogP contribution is 2.65. The van der Waals surface area contributed by atoms with Crippen molar-refractivity contribution in [2.45, 2.75) is 32.6 Å². The van der Waals surface area contributed by atoms with E-state index in [1.54, 1.807) is 59.5 Å². The van der Waals surface area contributed by atoms with Gasteiger partial charge in [-0.25, -0.2) is 4.90 Å². The average molecular weight is 1050 g/mol. The zero-order valence-corrected chi connectivity index (χ0v) is 41.3. The molecule has 4 aromatic carbocycles. The van der Waals surface area contributed by atoms with E-state index in [-0.39, 0.29) is 36.2 Å². The molecule has 10 rings (SSSR count). The second kappa shape index (κ2) is 16.3. The van der Waals surface area contributed by atoms with Gasteiger partial charge < -0.3 is 14.7 Å². The number of thiophene rings is 1. The largest absolute Gasteiger partial charge is 0.503 e. The third kappa shape index (κ3) is 6.68. The maximum atomic E-state index is 15.4. The highest BCUT2D eigenvalue weighted by Gasteiger charge is 2.68. The first-order valence-electron chi connectivity index (χ1n) is 21.3. The summed E-state index contributed by atoms with van der Waals surface area (Å²) in [6.07, 6.45) is 2.38. The summed E-state index contributed by atoms with van der Waals surface area (Å²) in [6.45, 7) is 3.81. The Kier molecular flexibility index (Phi) is 10.9. The zero-order chi connectivity index (χ0) is 46.7. The maximum absolute atomic E-state index is 15.4. The molecule has 2 saturated heterocycles. The zero-order valence-electron chi connectivity index (χ0n) is 36.5. The highest BCUT2D eigenvalue weighted by atomic mass is 79.9. The van der Waals surface area contributed by atoms with Crippen molar-refractivity contribution in [3.63, 3.8) is 0 Å². The van der Waals surface area contributed by atoms with Crippen molar-refractivity contribution < 1.29 is 29.0 Å². The quantitative estimate of drug-likeness (QED) is 0.0899. The van der Waals surface area contributed by atoms with Crippen molar-refractivity contribution in [3.05, 3.63) is 116 Å². The molecule has 4 amide bonds. The van der Waals surface area contributed by atoms with Gasteiger partial charge in [-0.15, -0.1) is 11.3 Å². The lowest BCUT2D eigenvalue weighted by molar-refractivity contribution is -0.131. The van der Waals surface area contributed by atoms with E-state index in [1.807, 2.05) is 81.4 Å². The molecule has 66 heavy (non-hydrogen) atoms. The summed E-state index contributed by atoms with van der Waals surface area (Å²) in [5.41, 5.74) is 4.24. The van der Waals surface area contributed by atoms with Crippen LogP contribution in [0, 0.1) is 36.0 Å². The van der Waals surface area contributed by atoms with Crippen molar-refractivity contribution >= 4 is 117 Å². The van der Waals surface area contributed by atoms with E-state index < -0.39 is 46.8 Å². The Labute approximate surface area is 405 Å². The van der Waals surface area contributed by atoms with Crippen LogP contribution < -0.4 is 19.4 Å². The summed E-state index contributed by atoms with van der Waals surface area (Å²) in [5, 5.41) is 26.3. The number of methoxy groups -OCH3 is 1. The van der Waals surface area contributed by atoms with Crippen LogP contribution in [0.1, 0.15) is 36.8 Å². The van der Waals surface area contributed by atoms with Crippen LogP contribution in [0.5, 0.6) is 11.5 Å². The van der Waals surface area contributed by atoms with Crippen LogP contribution in [0.15, 0.2) is 110 Å². The predicted molar refractivity (Wildman–Crippen MR) is 262 cm³/mol. The fourth-order valence-corrected chi connectivity index (χ4v) is 12.9. The topological polar surface area (TPSA) is 150 Å². The number of rotatable bonds is 8. The van der Waals surface area contributed by atoms with Crippen LogP contribution in [0.2, 0.25) is 5.02 Å². The molecule has 13 nitrogen and oxygen atoms in total. The van der Waals surface area contributed by atoms with E-state index >= 15 is 9.59 Å². The Bertz CT molecular complexity index is 3130. The molecule has 1 saturated carbocycles. The molecule has 0 unspecified atom stereocenters. The number of imide groups is 2. The van der Waals surface area contributed by atoms with E-state index in [2.05, 4.69) is 42.1 Å². The Morgan fingerprint density at radius 2 is 1.58 bits per heavy atom. The number of allylic oxidation sites excluding steroid dienone is 2. The minimum atomic E-state index is -1.38. The number of phenols is 1. The fourth-order valence-electron chi connectivity index (χ4n) is 10.6. The van der Waals surface area contributed by atoms with Crippen LogP contribution in [0.4, 0.5) is 28.6 Å². The van der Waals surface area contributed by atoms with Crippen LogP contribution in [0.3, 0.4) is 0 Å². The molecule has 0 radical (unpaired) electrons. The maximum Gasteiger partial charge on any atom is 0.242 e. The number of phenolic OH excluding ortho intramolecular Hbond substituents is 1. The Morgan fingerprint density at radius 1 is 0.894 bits per heavy atom. The number of ether oxygens (including phenoxy) is 1. The molecule has 3 fully saturated rings. The molecule has 2 aliphatic heterocycles. The minimum absolute atomic E-state index is 0.144. The first kappa shape index (κ1) is 44.2. The molecule has 0 spiro atoms. The van der Waals surface area contributed by atoms with Crippen LogP contribution >= 0.6 is 54.8 Å². The van der Waals surface area contributed by atoms with E-state index in [0.717, 1.165) is 31.8 Å². The van der Waals surface area contributed by atoms with Gasteiger partial charge in [-0.05, 0) is 154 Å². The smallest absolute Gasteiger partial charge is 0.242 e. The SMILES string of the molecule is COc1cc([C@H]2C3=CC[C@@H]4C(=O)N(c5ccc(N=Nc6ccc(N(C)C)cc6)cc5)C(=O)[C@@H]4[C@@H]3C[C@H]3C(=O)N(c4cc(-c5sc6ccc(Cl)cc6c5C)nn4C)C(=O)[C@@]23C)c(Br)c(Br)c1O. The molecule has 17 heteroatoms. The molecular formula is C49H42Br2ClN7O6S. The molecular weight excluding hydrogens is 1010 g/mol. The van der Waals surface area contributed by atoms with Crippen LogP contribution in [-0.2, 0) is 26.2 Å². The van der Waals surface area contributed by atoms with Gasteiger partial charge in [0, 0.05) is 53.0 Å². The van der Waals surface area contributed by atoms with Crippen molar-refractivity contribution in [1.29, 1.82) is 0 Å². The molecule has 6 aromatic rings. The number of carbonyl (C=O) groups is 4. The normalized spacial score (nSPS) is 23.8. The number of aromatic hydroxyl groups is 1. The third-order valence-corrected chi connectivity index (χ3v) is 17.6. The van der Waals surface area contributed by atoms with Crippen molar-refractivity contribution in [3.8, 4) is 22.1 Å². The van der Waals surface area contributed by atoms with Gasteiger partial charge >= 0.3 is 0 Å². The lowest BCUT2D eigenvalue weighted by atomic mass is 9.51. The number of hydrogen-bond acceptors (Lipinski definition) is 11. The van der Waals surface area contributed by atoms with Gasteiger partial charge in [0.15, 0.2) is 11.5 Å². The summed E-state index contributed by atoms with van der Waals surface area (Å²) in [7, 11) is 7.08. The number of halogens is 3. The van der Waals surface area contributed by atoms with Gasteiger partial charge in [0.25, 0.3) is 0 Å². The second-order valence-corrected chi connectivity index (χ2v) is 20.7. The van der Waals surface area contributed by atoms with E-state index in [4.69, 9.17) is 21.4 Å². The van der Waals surface area contributed by atoms with E-state index in [0.29, 0.717) is 48.1 Å². The summed E-state index contributed by atoms with van der Waals surface area (Å²) in [5.74, 6) is -4.99. The van der Waals surface area contributed by atoms with Gasteiger partial charge in [0.2, 0.25) is 23.6 Å². The third-order valence-electron chi connectivity index (χ3n) is 13.9. The first-order chi connectivity index (χ1) is 31.5. The lowest BCUT2D eigenvalue weighted by Gasteiger charge is -2.49. The summed E-state index contributed by atoms with van der Waals surface area (Å²) in [4.78, 5) is 65.3. The number of azo groups is 1. The number of hydrogen-bond donors (Lipinski definition) is 1. The van der Waals surface area contributed by atoms with E-state index in [9.17, 15) is 14.7 Å². The summed E-state index contributed by atoms with van der Waals surface area (Å²) >= 11 is 15.2. The van der Waals surface area contributed by atoms with Gasteiger partial charge in [0.1, 0.15) is 11.5 Å². The Balaban J connectivity index is 1.02. The molecule has 4 heterocycles. The number of anilines is 3. The molecule has 4 aliphatic rings. The van der Waals surface area contributed by atoms with Gasteiger partial charge in [-0.1, -0.05) is 23.3 Å². The lowest BCUT2D eigenvalue weighted by Crippen LogP contribution is -2.49. The molecule has 336 valence electrons. The van der Waals surface area contributed by atoms with Crippen molar-refractivity contribution in [2.75, 3.05) is 35.9 Å². The van der Waals surface area contributed by atoms with Crippen LogP contribution in [0.25, 0.3) is 20.7 Å². The number of amides is 4. The standard InChI is InChI=1S/C49H42Br2ClN7O6S/c1-23-31-19-24(52)7-18-37(31)66-44(23)35-22-38(57(5)55-35)59-46(62)34-20-32-29(40(49(34,2)48(59)64)33-21-36(65-6)43(60)42(51)41(33)50)16-17-30-39(32)47(63)58(45(30)61)28-14-10-26(11-15-28)54-53-25-8-12-27(13-9-25)56(3)4/h7-16,18-19,21-22,30,32,34,39-40,60H,17,20H2,1-6H3/t30-,32+,34-,39-,40+,49+/m0/s1. The van der Waals surface area contributed by atoms with Gasteiger partial charge in [-0.2, -0.15) is 15.3 Å². The Hall–Kier alpha value is -5.68.